The second-order valence-electron chi connectivity index (χ2n) is 10.2. The van der Waals surface area contributed by atoms with Gasteiger partial charge in [0.1, 0.15) is 29.8 Å². The largest absolute Gasteiger partial charge is 0.492 e. The minimum Gasteiger partial charge on any atom is -0.492 e. The highest BCUT2D eigenvalue weighted by Crippen LogP contribution is 2.57. The Hall–Kier alpha value is -3.51. The summed E-state index contributed by atoms with van der Waals surface area (Å²) in [5, 5.41) is 3.45. The minimum atomic E-state index is -1.20. The summed E-state index contributed by atoms with van der Waals surface area (Å²) < 4.78 is 26.2. The molecule has 3 aromatic carbocycles. The number of hydrogen-bond donors (Lipinski definition) is 1. The fraction of sp³-hybridized carbons (Fsp3) is 0.310. The Balaban J connectivity index is 1.73. The quantitative estimate of drug-likeness (QED) is 0.528. The van der Waals surface area contributed by atoms with Crippen molar-refractivity contribution in [3.63, 3.8) is 0 Å². The highest BCUT2D eigenvalue weighted by atomic mass is 19.1. The molecule has 2 aliphatic rings. The second-order valence-corrected chi connectivity index (χ2v) is 10.2. The monoisotopic (exact) mass is 473 g/mol. The Morgan fingerprint density at radius 1 is 1.00 bits per heavy atom. The first kappa shape index (κ1) is 23.2. The summed E-state index contributed by atoms with van der Waals surface area (Å²) in [7, 11) is 0. The van der Waals surface area contributed by atoms with Crippen molar-refractivity contribution >= 4 is 11.8 Å². The van der Waals surface area contributed by atoms with Crippen LogP contribution in [0, 0.1) is 11.2 Å². The van der Waals surface area contributed by atoms with E-state index < -0.39 is 40.8 Å². The first-order valence-corrected chi connectivity index (χ1v) is 11.8. The van der Waals surface area contributed by atoms with Crippen molar-refractivity contribution in [2.24, 2.45) is 5.41 Å². The first-order valence-electron chi connectivity index (χ1n) is 11.8. The van der Waals surface area contributed by atoms with Crippen LogP contribution in [-0.4, -0.2) is 30.0 Å². The van der Waals surface area contributed by atoms with E-state index in [1.54, 1.807) is 0 Å². The average Bonchev–Trinajstić information content (AvgIpc) is 3.18. The SMILES string of the molecule is CC(C)(C)OC(=O)[C@H]1N[C@@H](c2ccccc2)[C@]2(COc3ccc(F)cc3C2=O)[C@@H]1c1ccccc1. The van der Waals surface area contributed by atoms with Gasteiger partial charge in [0, 0.05) is 12.0 Å². The normalized spacial score (nSPS) is 25.7. The third kappa shape index (κ3) is 4.02. The van der Waals surface area contributed by atoms with E-state index in [4.69, 9.17) is 9.47 Å². The number of ether oxygens (including phenoxy) is 2. The van der Waals surface area contributed by atoms with Crippen LogP contribution >= 0.6 is 0 Å². The van der Waals surface area contributed by atoms with Gasteiger partial charge in [0.05, 0.1) is 11.0 Å². The Morgan fingerprint density at radius 2 is 1.63 bits per heavy atom. The molecule has 4 atom stereocenters. The summed E-state index contributed by atoms with van der Waals surface area (Å²) in [6, 6.07) is 21.6. The van der Waals surface area contributed by atoms with E-state index in [1.165, 1.54) is 18.2 Å². The topological polar surface area (TPSA) is 64.6 Å². The number of fused-ring (bicyclic) bond motifs is 1. The molecule has 5 rings (SSSR count). The van der Waals surface area contributed by atoms with E-state index in [2.05, 4.69) is 5.32 Å². The highest BCUT2D eigenvalue weighted by molar-refractivity contribution is 6.06. The second kappa shape index (κ2) is 8.61. The maximum absolute atomic E-state index is 14.4. The molecular formula is C29H28FNO4. The lowest BCUT2D eigenvalue weighted by Crippen LogP contribution is -2.48. The molecule has 35 heavy (non-hydrogen) atoms. The number of nitrogens with one attached hydrogen (secondary N) is 1. The van der Waals surface area contributed by atoms with Gasteiger partial charge in [-0.3, -0.25) is 14.9 Å². The van der Waals surface area contributed by atoms with Crippen LogP contribution in [0.15, 0.2) is 78.9 Å². The van der Waals surface area contributed by atoms with E-state index in [0.29, 0.717) is 5.75 Å². The van der Waals surface area contributed by atoms with E-state index in [-0.39, 0.29) is 18.0 Å². The van der Waals surface area contributed by atoms with Crippen molar-refractivity contribution < 1.29 is 23.5 Å². The molecule has 180 valence electrons. The summed E-state index contributed by atoms with van der Waals surface area (Å²) in [4.78, 5) is 27.9. The van der Waals surface area contributed by atoms with Gasteiger partial charge in [0.2, 0.25) is 0 Å². The van der Waals surface area contributed by atoms with Crippen LogP contribution in [0.3, 0.4) is 0 Å². The fourth-order valence-corrected chi connectivity index (χ4v) is 5.42. The number of carbonyl (C=O) groups is 2. The lowest BCUT2D eigenvalue weighted by atomic mass is 9.62. The van der Waals surface area contributed by atoms with Crippen LogP contribution in [0.25, 0.3) is 0 Å². The Morgan fingerprint density at radius 3 is 2.26 bits per heavy atom. The predicted molar refractivity (Wildman–Crippen MR) is 130 cm³/mol. The third-order valence-corrected chi connectivity index (χ3v) is 6.78. The lowest BCUT2D eigenvalue weighted by Gasteiger charge is -2.42. The molecule has 2 heterocycles. The summed E-state index contributed by atoms with van der Waals surface area (Å²) >= 11 is 0. The first-order chi connectivity index (χ1) is 16.7. The van der Waals surface area contributed by atoms with Crippen molar-refractivity contribution in [3.05, 3.63) is 101 Å². The Bertz CT molecular complexity index is 1250. The maximum atomic E-state index is 14.4. The zero-order chi connectivity index (χ0) is 24.8. The van der Waals surface area contributed by atoms with Crippen LogP contribution in [0.2, 0.25) is 0 Å². The van der Waals surface area contributed by atoms with Crippen LogP contribution in [0.4, 0.5) is 4.39 Å². The van der Waals surface area contributed by atoms with Crippen molar-refractivity contribution in [1.82, 2.24) is 5.32 Å². The van der Waals surface area contributed by atoms with Gasteiger partial charge in [-0.15, -0.1) is 0 Å². The highest BCUT2D eigenvalue weighted by Gasteiger charge is 2.64. The van der Waals surface area contributed by atoms with Crippen LogP contribution in [-0.2, 0) is 9.53 Å². The minimum absolute atomic E-state index is 0.0376. The molecule has 6 heteroatoms. The van der Waals surface area contributed by atoms with Crippen molar-refractivity contribution in [1.29, 1.82) is 0 Å². The summed E-state index contributed by atoms with van der Waals surface area (Å²) in [5.41, 5.74) is -0.0709. The van der Waals surface area contributed by atoms with Gasteiger partial charge in [-0.05, 0) is 50.1 Å². The van der Waals surface area contributed by atoms with E-state index in [0.717, 1.165) is 11.1 Å². The molecule has 1 spiro atoms. The van der Waals surface area contributed by atoms with Gasteiger partial charge in [-0.2, -0.15) is 0 Å². The maximum Gasteiger partial charge on any atom is 0.324 e. The van der Waals surface area contributed by atoms with Gasteiger partial charge in [0.15, 0.2) is 5.78 Å². The molecule has 0 bridgehead atoms. The number of hydrogen-bond acceptors (Lipinski definition) is 5. The number of carbonyl (C=O) groups excluding carboxylic acids is 2. The van der Waals surface area contributed by atoms with Gasteiger partial charge in [-0.25, -0.2) is 4.39 Å². The number of halogens is 1. The van der Waals surface area contributed by atoms with Crippen LogP contribution in [0.5, 0.6) is 5.75 Å². The van der Waals surface area contributed by atoms with Crippen molar-refractivity contribution in [2.45, 2.75) is 44.4 Å². The Kier molecular flexibility index (Phi) is 5.72. The zero-order valence-electron chi connectivity index (χ0n) is 20.0. The van der Waals surface area contributed by atoms with Crippen molar-refractivity contribution in [2.75, 3.05) is 6.61 Å². The van der Waals surface area contributed by atoms with E-state index >= 15 is 0 Å². The fourth-order valence-electron chi connectivity index (χ4n) is 5.42. The van der Waals surface area contributed by atoms with E-state index in [9.17, 15) is 14.0 Å². The zero-order valence-corrected chi connectivity index (χ0v) is 20.0. The molecule has 0 aliphatic carbocycles. The van der Waals surface area contributed by atoms with Crippen LogP contribution < -0.4 is 10.1 Å². The van der Waals surface area contributed by atoms with Crippen molar-refractivity contribution in [3.8, 4) is 5.75 Å². The molecule has 1 saturated heterocycles. The molecule has 1 fully saturated rings. The van der Waals surface area contributed by atoms with Gasteiger partial charge in [-0.1, -0.05) is 60.7 Å². The smallest absolute Gasteiger partial charge is 0.324 e. The average molecular weight is 474 g/mol. The third-order valence-electron chi connectivity index (χ3n) is 6.78. The standard InChI is InChI=1S/C29H28FNO4/c1-28(2,3)35-27(33)24-23(18-10-6-4-7-11-18)29(25(31-24)19-12-8-5-9-13-19)17-34-22-15-14-20(30)16-21(22)26(29)32/h4-16,23-25,31H,17H2,1-3H3/t23-,24+,25+,29+/m1/s1. The summed E-state index contributed by atoms with van der Waals surface area (Å²) in [6.45, 7) is 5.48. The van der Waals surface area contributed by atoms with Gasteiger partial charge < -0.3 is 9.47 Å². The lowest BCUT2D eigenvalue weighted by molar-refractivity contribution is -0.157. The van der Waals surface area contributed by atoms with Crippen LogP contribution in [0.1, 0.15) is 54.2 Å². The molecule has 0 amide bonds. The Labute approximate surface area is 204 Å². The number of esters is 1. The summed E-state index contributed by atoms with van der Waals surface area (Å²) in [6.07, 6.45) is 0. The molecule has 3 aromatic rings. The number of rotatable bonds is 3. The molecule has 5 nitrogen and oxygen atoms in total. The van der Waals surface area contributed by atoms with Gasteiger partial charge >= 0.3 is 5.97 Å². The molecular weight excluding hydrogens is 445 g/mol. The molecule has 0 radical (unpaired) electrons. The van der Waals surface area contributed by atoms with E-state index in [1.807, 2.05) is 81.4 Å². The predicted octanol–water partition coefficient (Wildman–Crippen LogP) is 5.23. The molecule has 0 unspecified atom stereocenters. The molecule has 0 saturated carbocycles. The number of ketones is 1. The van der Waals surface area contributed by atoms with Gasteiger partial charge in [0.25, 0.3) is 0 Å². The number of Topliss-reactive ketones (excluding diaryl/α,β-unsaturated/α-hetero) is 1. The molecule has 1 N–H and O–H groups in total. The molecule has 0 aromatic heterocycles. The number of benzene rings is 3. The summed E-state index contributed by atoms with van der Waals surface area (Å²) in [5.74, 6) is -1.46. The molecule has 2 aliphatic heterocycles.